The molecule has 0 aromatic heterocycles. The van der Waals surface area contributed by atoms with Crippen LogP contribution in [0.3, 0.4) is 0 Å². The highest BCUT2D eigenvalue weighted by atomic mass is 16.7. The number of hydrogen-bond donors (Lipinski definition) is 10. The highest BCUT2D eigenvalue weighted by Gasteiger charge is 2.51. The fraction of sp³-hybridized carbons (Fsp3) is 1.00. The molecule has 0 radical (unpaired) electrons. The highest BCUT2D eigenvalue weighted by Crippen LogP contribution is 2.30. The summed E-state index contributed by atoms with van der Waals surface area (Å²) >= 11 is 0. The molecule has 0 aliphatic carbocycles. The third kappa shape index (κ3) is 5.93. The molecule has 3 rings (SSSR count). The minimum atomic E-state index is -1.84. The largest absolute Gasteiger partial charge is 0.394 e. The summed E-state index contributed by atoms with van der Waals surface area (Å²) in [7, 11) is 1.20. The summed E-state index contributed by atoms with van der Waals surface area (Å²) in [6.45, 7) is -1.94. The number of hydrogen-bond acceptors (Lipinski definition) is 16. The Morgan fingerprint density at radius 3 is 1.60 bits per heavy atom. The predicted molar refractivity (Wildman–Crippen MR) is 106 cm³/mol. The van der Waals surface area contributed by atoms with Crippen LogP contribution in [-0.2, 0) is 28.4 Å². The molecule has 206 valence electrons. The van der Waals surface area contributed by atoms with Crippen molar-refractivity contribution in [2.24, 2.45) is 0 Å². The Bertz CT molecular complexity index is 638. The van der Waals surface area contributed by atoms with Gasteiger partial charge in [0.2, 0.25) is 0 Å². The van der Waals surface area contributed by atoms with Gasteiger partial charge in [-0.25, -0.2) is 0 Å². The summed E-state index contributed by atoms with van der Waals surface area (Å²) in [4.78, 5) is 0. The van der Waals surface area contributed by atoms with Crippen molar-refractivity contribution in [2.75, 3.05) is 26.9 Å². The molecule has 0 saturated carbocycles. The van der Waals surface area contributed by atoms with Gasteiger partial charge in [-0.05, 0) is 0 Å². The zero-order chi connectivity index (χ0) is 26.0. The molecule has 0 aromatic rings. The monoisotopic (exact) mass is 518 g/mol. The van der Waals surface area contributed by atoms with Crippen LogP contribution in [0.25, 0.3) is 0 Å². The van der Waals surface area contributed by atoms with Crippen LogP contribution in [0.1, 0.15) is 0 Å². The highest BCUT2D eigenvalue weighted by molar-refractivity contribution is 4.94. The lowest BCUT2D eigenvalue weighted by Gasteiger charge is -2.46. The van der Waals surface area contributed by atoms with Crippen LogP contribution in [0.5, 0.6) is 0 Å². The SMILES string of the molecule is CO[C@@H]1O[C@H](CO)[C@@H](O)[C@H](O[C@@H]2O[C@H](CO[C@@H]3O[C@H](CO)[C@@H](O)[C@H](O)[C@H]3O)[C@@H](O)[C@H](O)[C@H]2O)[C@H]1O. The maximum absolute atomic E-state index is 10.4. The molecule has 0 amide bonds. The molecule has 3 fully saturated rings. The van der Waals surface area contributed by atoms with Gasteiger partial charge >= 0.3 is 0 Å². The summed E-state index contributed by atoms with van der Waals surface area (Å²) in [5.41, 5.74) is 0. The van der Waals surface area contributed by atoms with E-state index in [-0.39, 0.29) is 0 Å². The number of methoxy groups -OCH3 is 1. The normalized spacial score (nSPS) is 51.3. The molecule has 0 unspecified atom stereocenters. The first-order valence-electron chi connectivity index (χ1n) is 11.0. The lowest BCUT2D eigenvalue weighted by Crippen LogP contribution is -2.65. The third-order valence-electron chi connectivity index (χ3n) is 6.29. The van der Waals surface area contributed by atoms with E-state index in [1.807, 2.05) is 0 Å². The molecule has 10 N–H and O–H groups in total. The summed E-state index contributed by atoms with van der Waals surface area (Å²) < 4.78 is 31.7. The van der Waals surface area contributed by atoms with Crippen LogP contribution in [0.4, 0.5) is 0 Å². The van der Waals surface area contributed by atoms with Gasteiger partial charge in [0, 0.05) is 7.11 Å². The Morgan fingerprint density at radius 2 is 1.03 bits per heavy atom. The maximum atomic E-state index is 10.4. The first-order chi connectivity index (χ1) is 16.5. The quantitative estimate of drug-likeness (QED) is 0.143. The third-order valence-corrected chi connectivity index (χ3v) is 6.29. The van der Waals surface area contributed by atoms with E-state index >= 15 is 0 Å². The first-order valence-corrected chi connectivity index (χ1v) is 11.0. The Kier molecular flexibility index (Phi) is 10.1. The van der Waals surface area contributed by atoms with Crippen LogP contribution in [0.2, 0.25) is 0 Å². The molecule has 15 atom stereocenters. The molecule has 0 bridgehead atoms. The van der Waals surface area contributed by atoms with Crippen molar-refractivity contribution in [2.45, 2.75) is 92.1 Å². The van der Waals surface area contributed by atoms with Crippen molar-refractivity contribution in [3.8, 4) is 0 Å². The molecule has 3 heterocycles. The zero-order valence-corrected chi connectivity index (χ0v) is 18.7. The maximum Gasteiger partial charge on any atom is 0.187 e. The average Bonchev–Trinajstić information content (AvgIpc) is 2.85. The van der Waals surface area contributed by atoms with Gasteiger partial charge in [0.15, 0.2) is 18.9 Å². The van der Waals surface area contributed by atoms with Gasteiger partial charge in [0.25, 0.3) is 0 Å². The first kappa shape index (κ1) is 28.9. The van der Waals surface area contributed by atoms with Gasteiger partial charge in [-0.1, -0.05) is 0 Å². The van der Waals surface area contributed by atoms with Crippen molar-refractivity contribution in [1.29, 1.82) is 0 Å². The van der Waals surface area contributed by atoms with Crippen LogP contribution >= 0.6 is 0 Å². The van der Waals surface area contributed by atoms with Crippen molar-refractivity contribution >= 4 is 0 Å². The van der Waals surface area contributed by atoms with E-state index in [2.05, 4.69) is 0 Å². The van der Waals surface area contributed by atoms with Crippen LogP contribution in [0, 0.1) is 0 Å². The second kappa shape index (κ2) is 12.3. The van der Waals surface area contributed by atoms with Crippen molar-refractivity contribution in [3.63, 3.8) is 0 Å². The number of aliphatic hydroxyl groups excluding tert-OH is 10. The fourth-order valence-corrected chi connectivity index (χ4v) is 4.13. The predicted octanol–water partition coefficient (Wildman–Crippen LogP) is -6.92. The lowest BCUT2D eigenvalue weighted by atomic mass is 9.97. The van der Waals surface area contributed by atoms with Crippen molar-refractivity contribution in [1.82, 2.24) is 0 Å². The van der Waals surface area contributed by atoms with E-state index in [1.54, 1.807) is 0 Å². The topological polar surface area (TPSA) is 258 Å². The average molecular weight is 518 g/mol. The van der Waals surface area contributed by atoms with E-state index in [0.29, 0.717) is 0 Å². The molecule has 16 heteroatoms. The number of aliphatic hydroxyl groups is 10. The van der Waals surface area contributed by atoms with E-state index in [4.69, 9.17) is 28.4 Å². The Hall–Kier alpha value is -0.640. The van der Waals surface area contributed by atoms with Gasteiger partial charge in [-0.3, -0.25) is 0 Å². The lowest BCUT2D eigenvalue weighted by molar-refractivity contribution is -0.364. The van der Waals surface area contributed by atoms with Gasteiger partial charge < -0.3 is 79.5 Å². The van der Waals surface area contributed by atoms with Gasteiger partial charge in [-0.15, -0.1) is 0 Å². The summed E-state index contributed by atoms with van der Waals surface area (Å²) in [6, 6.07) is 0. The molecule has 3 saturated heterocycles. The minimum Gasteiger partial charge on any atom is -0.394 e. The second-order valence-electron chi connectivity index (χ2n) is 8.59. The van der Waals surface area contributed by atoms with Crippen molar-refractivity contribution < 1.29 is 79.5 Å². The second-order valence-corrected chi connectivity index (χ2v) is 8.59. The molecular weight excluding hydrogens is 484 g/mol. The van der Waals surface area contributed by atoms with Gasteiger partial charge in [0.1, 0.15) is 73.2 Å². The van der Waals surface area contributed by atoms with Crippen LogP contribution in [0.15, 0.2) is 0 Å². The molecule has 16 nitrogen and oxygen atoms in total. The Balaban J connectivity index is 1.68. The molecule has 3 aliphatic rings. The van der Waals surface area contributed by atoms with Crippen LogP contribution in [-0.4, -0.2) is 170 Å². The van der Waals surface area contributed by atoms with E-state index < -0.39 is 112 Å². The van der Waals surface area contributed by atoms with Gasteiger partial charge in [0.05, 0.1) is 19.8 Å². The standard InChI is InChI=1S/C19H34O16/c1-30-17-15(29)16(10(24)6(3-21)32-17)35-19-14(28)12(26)9(23)7(34-19)4-31-18-13(27)11(25)8(22)5(2-20)33-18/h5-29H,2-4H2,1H3/t5-,6-,7-,8-,9-,10-,11+,12+,13-,14-,15-,16+,17-,18-,19+/m1/s1. The van der Waals surface area contributed by atoms with E-state index in [9.17, 15) is 51.1 Å². The minimum absolute atomic E-state index is 0.591. The van der Waals surface area contributed by atoms with Crippen molar-refractivity contribution in [3.05, 3.63) is 0 Å². The van der Waals surface area contributed by atoms with E-state index in [0.717, 1.165) is 0 Å². The Morgan fingerprint density at radius 1 is 0.543 bits per heavy atom. The summed E-state index contributed by atoms with van der Waals surface area (Å²) in [5.74, 6) is 0. The van der Waals surface area contributed by atoms with E-state index in [1.165, 1.54) is 7.11 Å². The molecule has 3 aliphatic heterocycles. The number of rotatable bonds is 8. The fourth-order valence-electron chi connectivity index (χ4n) is 4.13. The van der Waals surface area contributed by atoms with Crippen LogP contribution < -0.4 is 0 Å². The summed E-state index contributed by atoms with van der Waals surface area (Å²) in [6.07, 6.45) is -23.6. The molecule has 35 heavy (non-hydrogen) atoms. The van der Waals surface area contributed by atoms with Gasteiger partial charge in [-0.2, -0.15) is 0 Å². The summed E-state index contributed by atoms with van der Waals surface area (Å²) in [5, 5.41) is 100. The molecular formula is C19H34O16. The Labute approximate surface area is 199 Å². The molecule has 0 aromatic carbocycles. The molecule has 0 spiro atoms. The smallest absolute Gasteiger partial charge is 0.187 e. The number of ether oxygens (including phenoxy) is 6. The zero-order valence-electron chi connectivity index (χ0n) is 18.7.